The van der Waals surface area contributed by atoms with Gasteiger partial charge in [0.25, 0.3) is 0 Å². The third-order valence-electron chi connectivity index (χ3n) is 4.63. The van der Waals surface area contributed by atoms with E-state index >= 15 is 0 Å². The van der Waals surface area contributed by atoms with Crippen LogP contribution in [0.3, 0.4) is 0 Å². The van der Waals surface area contributed by atoms with Crippen LogP contribution < -0.4 is 0 Å². The molecule has 0 aromatic carbocycles. The predicted molar refractivity (Wildman–Crippen MR) is 70.5 cm³/mol. The number of nitrogens with zero attached hydrogens (tertiary/aromatic N) is 3. The van der Waals surface area contributed by atoms with Crippen LogP contribution in [0.25, 0.3) is 0 Å². The molecule has 0 spiro atoms. The number of hydrogen-bond donors (Lipinski definition) is 1. The number of fused-ring (bicyclic) bond motifs is 1. The van der Waals surface area contributed by atoms with Crippen LogP contribution in [-0.4, -0.2) is 37.8 Å². The van der Waals surface area contributed by atoms with Gasteiger partial charge in [0.1, 0.15) is 6.04 Å². The number of hydrogen-bond acceptors (Lipinski definition) is 3. The summed E-state index contributed by atoms with van der Waals surface area (Å²) in [6.45, 7) is 0.714. The van der Waals surface area contributed by atoms with E-state index in [4.69, 9.17) is 0 Å². The molecule has 1 aliphatic carbocycles. The van der Waals surface area contributed by atoms with Crippen molar-refractivity contribution in [2.24, 2.45) is 13.0 Å². The van der Waals surface area contributed by atoms with Gasteiger partial charge in [-0.3, -0.25) is 14.4 Å². The van der Waals surface area contributed by atoms with E-state index in [0.717, 1.165) is 18.4 Å². The first kappa shape index (κ1) is 12.7. The molecule has 0 radical (unpaired) electrons. The second-order valence-corrected chi connectivity index (χ2v) is 5.90. The zero-order valence-corrected chi connectivity index (χ0v) is 11.3. The number of rotatable bonds is 3. The summed E-state index contributed by atoms with van der Waals surface area (Å²) in [6, 6.07) is 0.142. The van der Waals surface area contributed by atoms with E-state index < -0.39 is 5.97 Å². The summed E-state index contributed by atoms with van der Waals surface area (Å²) in [5.74, 6) is -0.0928. The molecule has 3 atom stereocenters. The standard InChI is InChI=1S/C14H21N3O2/c1-16-8-10(7-15-16)9-17-12-5-3-2-4-11(12)6-13(17)14(18)19/h7-8,11-13H,2-6,9H2,1H3,(H,18,19)/t11-,12+,13+/m1/s1. The Labute approximate surface area is 113 Å². The Balaban J connectivity index is 1.80. The number of likely N-dealkylation sites (tertiary alicyclic amines) is 1. The third-order valence-corrected chi connectivity index (χ3v) is 4.63. The van der Waals surface area contributed by atoms with Crippen LogP contribution in [0, 0.1) is 5.92 Å². The quantitative estimate of drug-likeness (QED) is 0.900. The lowest BCUT2D eigenvalue weighted by Crippen LogP contribution is -2.41. The second kappa shape index (κ2) is 4.96. The van der Waals surface area contributed by atoms with Crippen molar-refractivity contribution in [1.82, 2.24) is 14.7 Å². The van der Waals surface area contributed by atoms with Crippen LogP contribution >= 0.6 is 0 Å². The molecule has 19 heavy (non-hydrogen) atoms. The van der Waals surface area contributed by atoms with Crippen molar-refractivity contribution in [2.75, 3.05) is 0 Å². The van der Waals surface area contributed by atoms with Crippen molar-refractivity contribution in [3.05, 3.63) is 18.0 Å². The molecule has 0 bridgehead atoms. The fourth-order valence-electron chi connectivity index (χ4n) is 3.79. The van der Waals surface area contributed by atoms with Crippen molar-refractivity contribution < 1.29 is 9.90 Å². The van der Waals surface area contributed by atoms with E-state index in [1.807, 2.05) is 19.4 Å². The highest BCUT2D eigenvalue weighted by Crippen LogP contribution is 2.40. The SMILES string of the molecule is Cn1cc(CN2[C@H](C(=O)O)C[C@H]3CCCC[C@@H]32)cn1. The molecule has 0 amide bonds. The van der Waals surface area contributed by atoms with Gasteiger partial charge < -0.3 is 5.11 Å². The molecule has 1 saturated carbocycles. The maximum Gasteiger partial charge on any atom is 0.320 e. The summed E-state index contributed by atoms with van der Waals surface area (Å²) in [5.41, 5.74) is 1.11. The summed E-state index contributed by atoms with van der Waals surface area (Å²) in [6.07, 6.45) is 9.47. The van der Waals surface area contributed by atoms with Crippen LogP contribution in [0.1, 0.15) is 37.7 Å². The molecular formula is C14H21N3O2. The highest BCUT2D eigenvalue weighted by atomic mass is 16.4. The van der Waals surface area contributed by atoms with E-state index in [1.165, 1.54) is 19.3 Å². The lowest BCUT2D eigenvalue weighted by atomic mass is 9.85. The van der Waals surface area contributed by atoms with Crippen LogP contribution in [0.5, 0.6) is 0 Å². The van der Waals surface area contributed by atoms with Gasteiger partial charge in [0.05, 0.1) is 6.20 Å². The molecule has 2 fully saturated rings. The van der Waals surface area contributed by atoms with Gasteiger partial charge in [-0.2, -0.15) is 5.10 Å². The Morgan fingerprint density at radius 2 is 2.26 bits per heavy atom. The highest BCUT2D eigenvalue weighted by Gasteiger charge is 2.44. The van der Waals surface area contributed by atoms with Crippen molar-refractivity contribution in [3.8, 4) is 0 Å². The second-order valence-electron chi connectivity index (χ2n) is 5.90. The molecule has 5 nitrogen and oxygen atoms in total. The molecule has 1 aromatic heterocycles. The normalized spacial score (nSPS) is 31.3. The minimum atomic E-state index is -0.668. The average molecular weight is 263 g/mol. The van der Waals surface area contributed by atoms with Crippen LogP contribution in [-0.2, 0) is 18.4 Å². The van der Waals surface area contributed by atoms with E-state index in [-0.39, 0.29) is 6.04 Å². The maximum absolute atomic E-state index is 11.5. The monoisotopic (exact) mass is 263 g/mol. The molecule has 1 aliphatic heterocycles. The summed E-state index contributed by atoms with van der Waals surface area (Å²) in [4.78, 5) is 13.7. The third kappa shape index (κ3) is 2.39. The number of carboxylic acid groups (broad SMARTS) is 1. The minimum Gasteiger partial charge on any atom is -0.480 e. The largest absolute Gasteiger partial charge is 0.480 e. The Morgan fingerprint density at radius 1 is 1.47 bits per heavy atom. The summed E-state index contributed by atoms with van der Waals surface area (Å²) in [5, 5.41) is 13.6. The number of carbonyl (C=O) groups is 1. The predicted octanol–water partition coefficient (Wildman–Crippen LogP) is 1.64. The topological polar surface area (TPSA) is 58.4 Å². The summed E-state index contributed by atoms with van der Waals surface area (Å²) < 4.78 is 1.78. The zero-order chi connectivity index (χ0) is 13.4. The fourth-order valence-corrected chi connectivity index (χ4v) is 3.79. The van der Waals surface area contributed by atoms with Gasteiger partial charge in [-0.1, -0.05) is 12.8 Å². The van der Waals surface area contributed by atoms with Gasteiger partial charge in [0.2, 0.25) is 0 Å². The van der Waals surface area contributed by atoms with E-state index in [2.05, 4.69) is 10.00 Å². The van der Waals surface area contributed by atoms with Crippen LogP contribution in [0.4, 0.5) is 0 Å². The van der Waals surface area contributed by atoms with Gasteiger partial charge >= 0.3 is 5.97 Å². The molecule has 1 aromatic rings. The first-order chi connectivity index (χ1) is 9.15. The molecule has 104 valence electrons. The van der Waals surface area contributed by atoms with Crippen molar-refractivity contribution in [1.29, 1.82) is 0 Å². The van der Waals surface area contributed by atoms with Gasteiger partial charge in [-0.05, 0) is 25.2 Å². The summed E-state index contributed by atoms with van der Waals surface area (Å²) >= 11 is 0. The lowest BCUT2D eigenvalue weighted by Gasteiger charge is -2.32. The first-order valence-corrected chi connectivity index (χ1v) is 7.11. The molecule has 2 heterocycles. The lowest BCUT2D eigenvalue weighted by molar-refractivity contribution is -0.142. The number of aromatic nitrogens is 2. The Hall–Kier alpha value is -1.36. The molecular weight excluding hydrogens is 242 g/mol. The Morgan fingerprint density at radius 3 is 2.95 bits per heavy atom. The number of carboxylic acids is 1. The van der Waals surface area contributed by atoms with Gasteiger partial charge in [0, 0.05) is 31.4 Å². The first-order valence-electron chi connectivity index (χ1n) is 7.11. The Kier molecular flexibility index (Phi) is 3.31. The van der Waals surface area contributed by atoms with Crippen LogP contribution in [0.2, 0.25) is 0 Å². The van der Waals surface area contributed by atoms with Crippen LogP contribution in [0.15, 0.2) is 12.4 Å². The van der Waals surface area contributed by atoms with Crippen molar-refractivity contribution in [2.45, 2.75) is 50.7 Å². The van der Waals surface area contributed by atoms with E-state index in [1.54, 1.807) is 4.68 Å². The van der Waals surface area contributed by atoms with E-state index in [0.29, 0.717) is 18.5 Å². The van der Waals surface area contributed by atoms with Crippen molar-refractivity contribution in [3.63, 3.8) is 0 Å². The van der Waals surface area contributed by atoms with Crippen molar-refractivity contribution >= 4 is 5.97 Å². The van der Waals surface area contributed by atoms with Gasteiger partial charge in [-0.15, -0.1) is 0 Å². The fraction of sp³-hybridized carbons (Fsp3) is 0.714. The number of aliphatic carboxylic acids is 1. The van der Waals surface area contributed by atoms with Gasteiger partial charge in [-0.25, -0.2) is 0 Å². The molecule has 3 rings (SSSR count). The zero-order valence-electron chi connectivity index (χ0n) is 11.3. The number of aryl methyl sites for hydroxylation is 1. The Bertz CT molecular complexity index is 471. The minimum absolute atomic E-state index is 0.312. The molecule has 0 unspecified atom stereocenters. The highest BCUT2D eigenvalue weighted by molar-refractivity contribution is 5.74. The molecule has 1 saturated heterocycles. The average Bonchev–Trinajstić information content (AvgIpc) is 2.95. The van der Waals surface area contributed by atoms with E-state index in [9.17, 15) is 9.90 Å². The summed E-state index contributed by atoms with van der Waals surface area (Å²) in [7, 11) is 1.89. The van der Waals surface area contributed by atoms with Gasteiger partial charge in [0.15, 0.2) is 0 Å². The molecule has 1 N–H and O–H groups in total. The molecule has 5 heteroatoms. The maximum atomic E-state index is 11.5. The molecule has 2 aliphatic rings. The smallest absolute Gasteiger partial charge is 0.320 e.